The number of anilines is 1. The Labute approximate surface area is 287 Å². The lowest BCUT2D eigenvalue weighted by Gasteiger charge is -2.37. The van der Waals surface area contributed by atoms with Crippen LogP contribution in [-0.4, -0.2) is 29.4 Å². The lowest BCUT2D eigenvalue weighted by molar-refractivity contribution is -0.140. The lowest BCUT2D eigenvalue weighted by atomic mass is 9.69. The molecule has 6 rings (SSSR count). The summed E-state index contributed by atoms with van der Waals surface area (Å²) in [6, 6.07) is 15.5. The number of rotatable bonds is 11. The molecule has 1 aliphatic heterocycles. The van der Waals surface area contributed by atoms with E-state index in [2.05, 4.69) is 65.2 Å². The Bertz CT molecular complexity index is 1520. The van der Waals surface area contributed by atoms with Gasteiger partial charge in [-0.05, 0) is 119 Å². The highest BCUT2D eigenvalue weighted by molar-refractivity contribution is 8.00. The zero-order chi connectivity index (χ0) is 32.8. The first-order valence-corrected chi connectivity index (χ1v) is 19.3. The molecule has 0 bridgehead atoms. The Morgan fingerprint density at radius 3 is 2.06 bits per heavy atom. The normalized spacial score (nSPS) is 26.1. The van der Waals surface area contributed by atoms with Gasteiger partial charge in [0.15, 0.2) is 0 Å². The van der Waals surface area contributed by atoms with Gasteiger partial charge in [-0.25, -0.2) is 4.98 Å². The van der Waals surface area contributed by atoms with Crippen molar-refractivity contribution >= 4 is 51.3 Å². The molecule has 0 amide bonds. The van der Waals surface area contributed by atoms with Crippen LogP contribution in [0.2, 0.25) is 0 Å². The minimum Gasteiger partial charge on any atom is -0.426 e. The van der Waals surface area contributed by atoms with E-state index in [1.807, 2.05) is 36.4 Å². The van der Waals surface area contributed by atoms with Crippen molar-refractivity contribution in [2.45, 2.75) is 102 Å². The summed E-state index contributed by atoms with van der Waals surface area (Å²) < 4.78 is 5.79. The van der Waals surface area contributed by atoms with Crippen LogP contribution in [0.3, 0.4) is 0 Å². The van der Waals surface area contributed by atoms with Crippen LogP contribution >= 0.6 is 23.1 Å². The molecule has 0 radical (unpaired) electrons. The number of carbonyl (C=O) groups excluding carboxylic acids is 1. The van der Waals surface area contributed by atoms with Gasteiger partial charge in [-0.15, -0.1) is 10.2 Å². The van der Waals surface area contributed by atoms with Gasteiger partial charge >= 0.3 is 5.97 Å². The molecule has 250 valence electrons. The molecule has 2 saturated carbocycles. The number of carbonyl (C=O) groups is 1. The summed E-state index contributed by atoms with van der Waals surface area (Å²) in [6.45, 7) is 10.7. The minimum absolute atomic E-state index is 0.0135. The van der Waals surface area contributed by atoms with Gasteiger partial charge in [0, 0.05) is 29.6 Å². The monoisotopic (exact) mass is 672 g/mol. The Hall–Kier alpha value is -3.11. The molecule has 2 aliphatic carbocycles. The number of esters is 1. The number of aromatic nitrogens is 1. The Kier molecular flexibility index (Phi) is 11.4. The van der Waals surface area contributed by atoms with Crippen molar-refractivity contribution in [3.63, 3.8) is 0 Å². The summed E-state index contributed by atoms with van der Waals surface area (Å²) in [5.41, 5.74) is 2.74. The second-order valence-corrected chi connectivity index (χ2v) is 15.4. The van der Waals surface area contributed by atoms with Gasteiger partial charge in [0.1, 0.15) is 16.1 Å². The molecule has 8 nitrogen and oxygen atoms in total. The van der Waals surface area contributed by atoms with Crippen LogP contribution in [-0.2, 0) is 4.79 Å². The molecule has 0 spiro atoms. The minimum atomic E-state index is -0.0885. The average molecular weight is 673 g/mol. The van der Waals surface area contributed by atoms with Crippen molar-refractivity contribution in [1.82, 2.24) is 4.98 Å². The number of ether oxygens (including phenoxy) is 1. The topological polar surface area (TPSA) is 91.9 Å². The smallest absolute Gasteiger partial charge is 0.314 e. The van der Waals surface area contributed by atoms with Crippen LogP contribution in [0.4, 0.5) is 22.2 Å². The van der Waals surface area contributed by atoms with Gasteiger partial charge in [-0.2, -0.15) is 10.2 Å². The van der Waals surface area contributed by atoms with Crippen molar-refractivity contribution in [3.8, 4) is 5.75 Å². The zero-order valence-electron chi connectivity index (χ0n) is 28.2. The maximum absolute atomic E-state index is 12.9. The van der Waals surface area contributed by atoms with Gasteiger partial charge in [0.05, 0.1) is 17.3 Å². The fraction of sp³-hybridized carbons (Fsp3) is 0.568. The Morgan fingerprint density at radius 2 is 1.45 bits per heavy atom. The molecule has 3 aliphatic rings. The van der Waals surface area contributed by atoms with Crippen LogP contribution in [0.5, 0.6) is 5.75 Å². The van der Waals surface area contributed by atoms with E-state index < -0.39 is 0 Å². The molecule has 3 aromatic rings. The van der Waals surface area contributed by atoms with Crippen molar-refractivity contribution in [2.75, 3.05) is 18.0 Å². The van der Waals surface area contributed by atoms with E-state index in [1.54, 1.807) is 23.1 Å². The summed E-state index contributed by atoms with van der Waals surface area (Å²) in [4.78, 5) is 21.1. The SMILES string of the molecule is CCC1CCC(C2CCC(C(=O)Oc3ccc(N=NC4Sc5nc(N=Nc6ccc(N(CC)CC)cc6)sc5C4C)cc3)CC2)CC1. The second kappa shape index (κ2) is 15.9. The molecule has 2 aromatic carbocycles. The third kappa shape index (κ3) is 8.31. The van der Waals surface area contributed by atoms with Crippen LogP contribution in [0.15, 0.2) is 74.0 Å². The summed E-state index contributed by atoms with van der Waals surface area (Å²) in [5.74, 6) is 3.27. The third-order valence-corrected chi connectivity index (χ3v) is 13.0. The molecule has 0 N–H and O–H groups in total. The number of thioether (sulfide) groups is 1. The molecule has 1 aromatic heterocycles. The van der Waals surface area contributed by atoms with Crippen LogP contribution in [0, 0.1) is 23.7 Å². The van der Waals surface area contributed by atoms with Gasteiger partial charge in [-0.1, -0.05) is 56.2 Å². The van der Waals surface area contributed by atoms with Crippen molar-refractivity contribution in [2.24, 2.45) is 44.1 Å². The number of fused-ring (bicyclic) bond motifs is 1. The zero-order valence-corrected chi connectivity index (χ0v) is 29.8. The van der Waals surface area contributed by atoms with E-state index in [0.717, 1.165) is 72.9 Å². The highest BCUT2D eigenvalue weighted by Gasteiger charge is 2.35. The first kappa shape index (κ1) is 33.8. The quantitative estimate of drug-likeness (QED) is 0.115. The predicted octanol–water partition coefficient (Wildman–Crippen LogP) is 11.7. The molecule has 47 heavy (non-hydrogen) atoms. The van der Waals surface area contributed by atoms with E-state index in [9.17, 15) is 4.79 Å². The number of benzene rings is 2. The first-order chi connectivity index (χ1) is 22.9. The van der Waals surface area contributed by atoms with E-state index in [1.165, 1.54) is 42.7 Å². The Morgan fingerprint density at radius 1 is 0.830 bits per heavy atom. The molecule has 2 unspecified atom stereocenters. The van der Waals surface area contributed by atoms with Gasteiger partial charge in [0.25, 0.3) is 0 Å². The lowest BCUT2D eigenvalue weighted by Crippen LogP contribution is -2.30. The summed E-state index contributed by atoms with van der Waals surface area (Å²) in [7, 11) is 0. The van der Waals surface area contributed by atoms with E-state index in [-0.39, 0.29) is 23.2 Å². The number of thiazole rings is 1. The average Bonchev–Trinajstić information content (AvgIpc) is 3.65. The summed E-state index contributed by atoms with van der Waals surface area (Å²) >= 11 is 3.18. The summed E-state index contributed by atoms with van der Waals surface area (Å²) in [5, 5.41) is 19.5. The molecular formula is C37H48N6O2S2. The number of nitrogens with zero attached hydrogens (tertiary/aromatic N) is 6. The fourth-order valence-corrected chi connectivity index (χ4v) is 9.79. The number of hydrogen-bond acceptors (Lipinski definition) is 10. The highest BCUT2D eigenvalue weighted by Crippen LogP contribution is 2.50. The maximum atomic E-state index is 12.9. The second-order valence-electron chi connectivity index (χ2n) is 13.3. The fourth-order valence-electron chi connectivity index (χ4n) is 7.41. The highest BCUT2D eigenvalue weighted by atomic mass is 32.2. The van der Waals surface area contributed by atoms with Crippen LogP contribution < -0.4 is 9.64 Å². The third-order valence-electron chi connectivity index (χ3n) is 10.5. The Balaban J connectivity index is 0.956. The molecule has 2 heterocycles. The molecular weight excluding hydrogens is 625 g/mol. The van der Waals surface area contributed by atoms with Gasteiger partial charge in [-0.3, -0.25) is 4.79 Å². The van der Waals surface area contributed by atoms with Crippen LogP contribution in [0.1, 0.15) is 96.3 Å². The van der Waals surface area contributed by atoms with Crippen LogP contribution in [0.25, 0.3) is 0 Å². The van der Waals surface area contributed by atoms with Crippen molar-refractivity contribution in [1.29, 1.82) is 0 Å². The van der Waals surface area contributed by atoms with Gasteiger partial charge < -0.3 is 9.64 Å². The standard InChI is InChI=1S/C37H48N6O2S2/c1-5-25-8-10-26(11-9-25)27-12-14-28(15-13-27)36(44)45-32-22-18-30(19-23-32)39-41-34-24(4)33-35(47-34)38-37(46-33)42-40-29-16-20-31(21-17-29)43(6-2)7-3/h16-28,34H,5-15H2,1-4H3. The first-order valence-electron chi connectivity index (χ1n) is 17.6. The molecule has 0 saturated heterocycles. The largest absolute Gasteiger partial charge is 0.426 e. The molecule has 10 heteroatoms. The van der Waals surface area contributed by atoms with Gasteiger partial charge in [0.2, 0.25) is 5.13 Å². The van der Waals surface area contributed by atoms with Crippen molar-refractivity contribution < 1.29 is 9.53 Å². The van der Waals surface area contributed by atoms with E-state index in [0.29, 0.717) is 10.9 Å². The maximum Gasteiger partial charge on any atom is 0.314 e. The predicted molar refractivity (Wildman–Crippen MR) is 192 cm³/mol. The molecule has 2 atom stereocenters. The van der Waals surface area contributed by atoms with E-state index >= 15 is 0 Å². The summed E-state index contributed by atoms with van der Waals surface area (Å²) in [6.07, 6.45) is 11.1. The number of azo groups is 2. The number of hydrogen-bond donors (Lipinski definition) is 0. The van der Waals surface area contributed by atoms with Crippen molar-refractivity contribution in [3.05, 3.63) is 53.4 Å². The molecule has 2 fully saturated rings. The van der Waals surface area contributed by atoms with E-state index in [4.69, 9.17) is 9.72 Å².